The summed E-state index contributed by atoms with van der Waals surface area (Å²) in [7, 11) is 1.48. The number of nitrogens with zero attached hydrogens (tertiary/aromatic N) is 1. The second kappa shape index (κ2) is 53.8. The van der Waals surface area contributed by atoms with E-state index in [1.165, 1.54) is 128 Å². The summed E-state index contributed by atoms with van der Waals surface area (Å²) in [6.45, 7) is 6.89. The van der Waals surface area contributed by atoms with E-state index in [1.54, 1.807) is 0 Å². The highest BCUT2D eigenvalue weighted by molar-refractivity contribution is 7.47. The van der Waals surface area contributed by atoms with E-state index in [2.05, 4.69) is 86.8 Å². The number of phosphoric ester groups is 1. The molecule has 0 aromatic heterocycles. The van der Waals surface area contributed by atoms with Crippen LogP contribution in [-0.2, 0) is 27.9 Å². The number of carbonyl (C=O) groups excluding carboxylic acids is 2. The van der Waals surface area contributed by atoms with Crippen LogP contribution in [0.3, 0.4) is 0 Å². The summed E-state index contributed by atoms with van der Waals surface area (Å²) in [5, 5.41) is 3.05. The molecule has 0 aliphatic heterocycles. The van der Waals surface area contributed by atoms with E-state index in [-0.39, 0.29) is 31.5 Å². The van der Waals surface area contributed by atoms with Gasteiger partial charge in [0.1, 0.15) is 19.3 Å². The first-order valence-electron chi connectivity index (χ1n) is 30.8. The van der Waals surface area contributed by atoms with Crippen LogP contribution in [0.1, 0.15) is 271 Å². The maximum Gasteiger partial charge on any atom is 0.472 e. The van der Waals surface area contributed by atoms with Crippen LogP contribution in [0.4, 0.5) is 0 Å². The van der Waals surface area contributed by atoms with Gasteiger partial charge in [0.05, 0.1) is 33.8 Å². The molecule has 430 valence electrons. The van der Waals surface area contributed by atoms with E-state index in [9.17, 15) is 19.0 Å². The Morgan fingerprint density at radius 3 is 1.30 bits per heavy atom. The second-order valence-electron chi connectivity index (χ2n) is 21.9. The van der Waals surface area contributed by atoms with Gasteiger partial charge in [-0.25, -0.2) is 4.57 Å². The van der Waals surface area contributed by atoms with Crippen LogP contribution in [0.15, 0.2) is 72.9 Å². The van der Waals surface area contributed by atoms with Crippen LogP contribution in [0.5, 0.6) is 0 Å². The molecule has 74 heavy (non-hydrogen) atoms. The Morgan fingerprint density at radius 2 is 0.865 bits per heavy atom. The highest BCUT2D eigenvalue weighted by Gasteiger charge is 2.30. The molecule has 0 spiro atoms. The lowest BCUT2D eigenvalue weighted by Crippen LogP contribution is -2.47. The number of carbonyl (C=O) groups is 2. The zero-order chi connectivity index (χ0) is 54.3. The van der Waals surface area contributed by atoms with Gasteiger partial charge in [-0.15, -0.1) is 0 Å². The number of amides is 1. The molecule has 0 heterocycles. The number of nitrogens with one attached hydrogen (secondary N) is 1. The van der Waals surface area contributed by atoms with E-state index in [4.69, 9.17) is 13.8 Å². The van der Waals surface area contributed by atoms with E-state index in [1.807, 2.05) is 33.3 Å². The van der Waals surface area contributed by atoms with Crippen molar-refractivity contribution in [3.05, 3.63) is 72.9 Å². The summed E-state index contributed by atoms with van der Waals surface area (Å²) < 4.78 is 30.7. The zero-order valence-electron chi connectivity index (χ0n) is 49.1. The van der Waals surface area contributed by atoms with Crippen molar-refractivity contribution in [2.45, 2.75) is 283 Å². The summed E-state index contributed by atoms with van der Waals surface area (Å²) >= 11 is 0. The van der Waals surface area contributed by atoms with Crippen molar-refractivity contribution in [2.24, 2.45) is 0 Å². The van der Waals surface area contributed by atoms with Crippen LogP contribution >= 0.6 is 7.82 Å². The smallest absolute Gasteiger partial charge is 0.456 e. The average molecular weight is 1060 g/mol. The van der Waals surface area contributed by atoms with Gasteiger partial charge in [-0.2, -0.15) is 0 Å². The summed E-state index contributed by atoms with van der Waals surface area (Å²) in [6, 6.07) is -0.856. The third kappa shape index (κ3) is 54.2. The van der Waals surface area contributed by atoms with Crippen molar-refractivity contribution >= 4 is 19.7 Å². The minimum Gasteiger partial charge on any atom is -0.456 e. The fourth-order valence-corrected chi connectivity index (χ4v) is 9.41. The number of allylic oxidation sites excluding steroid dienone is 11. The fourth-order valence-electron chi connectivity index (χ4n) is 8.67. The first kappa shape index (κ1) is 71.5. The predicted octanol–water partition coefficient (Wildman–Crippen LogP) is 18.8. The first-order valence-corrected chi connectivity index (χ1v) is 32.3. The maximum absolute atomic E-state index is 13.5. The molecule has 0 saturated heterocycles. The van der Waals surface area contributed by atoms with Gasteiger partial charge in [-0.05, 0) is 76.7 Å². The average Bonchev–Trinajstić information content (AvgIpc) is 3.36. The van der Waals surface area contributed by atoms with Crippen molar-refractivity contribution in [1.82, 2.24) is 5.32 Å². The lowest BCUT2D eigenvalue weighted by atomic mass is 10.0. The normalized spacial score (nSPS) is 14.2. The number of likely N-dealkylation sites (N-methyl/N-ethyl adjacent to an activating group) is 1. The molecular weight excluding hydrogens is 940 g/mol. The van der Waals surface area contributed by atoms with Crippen molar-refractivity contribution < 1.29 is 37.3 Å². The maximum atomic E-state index is 13.5. The van der Waals surface area contributed by atoms with Crippen molar-refractivity contribution in [3.8, 4) is 0 Å². The lowest BCUT2D eigenvalue weighted by molar-refractivity contribution is -0.870. The number of esters is 1. The molecule has 0 fully saturated rings. The minimum atomic E-state index is -4.45. The van der Waals surface area contributed by atoms with Crippen molar-refractivity contribution in [1.29, 1.82) is 0 Å². The Kier molecular flexibility index (Phi) is 52.0. The third-order valence-electron chi connectivity index (χ3n) is 13.4. The van der Waals surface area contributed by atoms with E-state index >= 15 is 0 Å². The fraction of sp³-hybridized carbons (Fsp3) is 0.781. The zero-order valence-corrected chi connectivity index (χ0v) is 50.0. The molecule has 10 heteroatoms. The summed E-state index contributed by atoms with van der Waals surface area (Å²) in [5.74, 6) is -0.523. The molecule has 0 radical (unpaired) electrons. The third-order valence-corrected chi connectivity index (χ3v) is 14.4. The van der Waals surface area contributed by atoms with E-state index in [0.29, 0.717) is 23.9 Å². The number of unbranched alkanes of at least 4 members (excludes halogenated alkanes) is 29. The Bertz CT molecular complexity index is 1500. The van der Waals surface area contributed by atoms with Crippen LogP contribution in [0.2, 0.25) is 0 Å². The Balaban J connectivity index is 5.25. The van der Waals surface area contributed by atoms with Gasteiger partial charge in [0.2, 0.25) is 5.91 Å². The van der Waals surface area contributed by atoms with Crippen molar-refractivity contribution in [2.75, 3.05) is 40.9 Å². The van der Waals surface area contributed by atoms with Gasteiger partial charge in [0.15, 0.2) is 0 Å². The summed E-state index contributed by atoms with van der Waals surface area (Å²) in [6.07, 6.45) is 68.9. The second-order valence-corrected chi connectivity index (χ2v) is 23.3. The lowest BCUT2D eigenvalue weighted by Gasteiger charge is -2.27. The highest BCUT2D eigenvalue weighted by Crippen LogP contribution is 2.43. The quantitative estimate of drug-likeness (QED) is 0.0205. The highest BCUT2D eigenvalue weighted by atomic mass is 31.2. The monoisotopic (exact) mass is 1060 g/mol. The molecule has 3 atom stereocenters. The van der Waals surface area contributed by atoms with Gasteiger partial charge >= 0.3 is 13.8 Å². The molecule has 0 aliphatic carbocycles. The van der Waals surface area contributed by atoms with Crippen LogP contribution in [0, 0.1) is 0 Å². The van der Waals surface area contributed by atoms with Crippen LogP contribution in [-0.4, -0.2) is 74.3 Å². The van der Waals surface area contributed by atoms with Gasteiger partial charge < -0.3 is 19.4 Å². The molecular formula is C64H118N2O7P+. The largest absolute Gasteiger partial charge is 0.472 e. The molecule has 0 aromatic rings. The SMILES string of the molecule is CC/C=C\C/C=C\C/C=C\C/C=C\C/C=C\CCCCCCCC(=O)OC(/C=C/CCCCCCCCCCC)C(COP(=O)(O)OCC[N+](C)(C)C)NC(=O)CCCCCCCCCCCCCCCCCC. The number of rotatable bonds is 55. The van der Waals surface area contributed by atoms with Gasteiger partial charge in [0.25, 0.3) is 0 Å². The molecule has 3 unspecified atom stereocenters. The molecule has 0 saturated carbocycles. The molecule has 0 rings (SSSR count). The number of ether oxygens (including phenoxy) is 1. The number of hydrogen-bond donors (Lipinski definition) is 2. The molecule has 0 aromatic carbocycles. The Labute approximate surface area is 457 Å². The van der Waals surface area contributed by atoms with E-state index in [0.717, 1.165) is 103 Å². The van der Waals surface area contributed by atoms with Crippen molar-refractivity contribution in [3.63, 3.8) is 0 Å². The van der Waals surface area contributed by atoms with Crippen LogP contribution < -0.4 is 5.32 Å². The molecule has 9 nitrogen and oxygen atoms in total. The van der Waals surface area contributed by atoms with Gasteiger partial charge in [0, 0.05) is 12.8 Å². The number of phosphoric acid groups is 1. The van der Waals surface area contributed by atoms with E-state index < -0.39 is 20.0 Å². The molecule has 0 aliphatic rings. The topological polar surface area (TPSA) is 111 Å². The molecule has 2 N–H and O–H groups in total. The standard InChI is InChI=1S/C64H117N2O7P/c1-7-10-13-16-19-22-25-27-29-31-32-33-34-35-37-39-42-45-48-51-54-57-64(68)73-62(55-52-49-46-43-40-24-21-18-15-12-9-3)61(60-72-74(69,70)71-59-58-66(4,5)6)65-63(67)56-53-50-47-44-41-38-36-30-28-26-23-20-17-14-11-8-2/h10,13,19,22,27,29,32-33,35,37,52,55,61-62H,7-9,11-12,14-18,20-21,23-26,28,30-31,34,36,38-51,53-54,56-60H2,1-6H3,(H-,65,67,69,70)/p+1/b13-10-,22-19-,29-27-,33-32-,37-35-,55-52+. The van der Waals surface area contributed by atoms with Gasteiger partial charge in [-0.3, -0.25) is 18.6 Å². The van der Waals surface area contributed by atoms with Gasteiger partial charge in [-0.1, -0.05) is 255 Å². The molecule has 1 amide bonds. The number of hydrogen-bond acceptors (Lipinski definition) is 6. The Hall–Kier alpha value is -2.55. The molecule has 0 bridgehead atoms. The summed E-state index contributed by atoms with van der Waals surface area (Å²) in [4.78, 5) is 37.7. The number of quaternary nitrogens is 1. The van der Waals surface area contributed by atoms with Crippen LogP contribution in [0.25, 0.3) is 0 Å². The first-order chi connectivity index (χ1) is 35.9. The predicted molar refractivity (Wildman–Crippen MR) is 318 cm³/mol. The Morgan fingerprint density at radius 1 is 0.486 bits per heavy atom. The minimum absolute atomic E-state index is 0.0357. The summed E-state index contributed by atoms with van der Waals surface area (Å²) in [5.41, 5.74) is 0.